The predicted octanol–water partition coefficient (Wildman–Crippen LogP) is 2.96. The predicted molar refractivity (Wildman–Crippen MR) is 104 cm³/mol. The van der Waals surface area contributed by atoms with Crippen LogP contribution in [0.4, 0.5) is 4.39 Å². The molecule has 0 bridgehead atoms. The lowest BCUT2D eigenvalue weighted by molar-refractivity contribution is 0.194. The van der Waals surface area contributed by atoms with Crippen LogP contribution in [0.5, 0.6) is 0 Å². The lowest BCUT2D eigenvalue weighted by atomic mass is 10.0. The first-order valence-corrected chi connectivity index (χ1v) is 10.1. The molecule has 28 heavy (non-hydrogen) atoms. The number of benzene rings is 2. The van der Waals surface area contributed by atoms with Crippen molar-refractivity contribution in [3.05, 3.63) is 54.3 Å². The molecule has 1 unspecified atom stereocenters. The molecule has 2 aromatic carbocycles. The Labute approximate surface area is 160 Å². The molecule has 2 aromatic heterocycles. The van der Waals surface area contributed by atoms with Gasteiger partial charge in [0.2, 0.25) is 10.0 Å². The van der Waals surface area contributed by atoms with Crippen molar-refractivity contribution in [2.24, 2.45) is 5.14 Å². The van der Waals surface area contributed by atoms with Crippen LogP contribution in [-0.4, -0.2) is 37.4 Å². The van der Waals surface area contributed by atoms with Crippen LogP contribution in [0, 0.1) is 5.82 Å². The summed E-state index contributed by atoms with van der Waals surface area (Å²) in [5, 5.41) is 5.20. The van der Waals surface area contributed by atoms with Crippen molar-refractivity contribution in [1.29, 1.82) is 0 Å². The van der Waals surface area contributed by atoms with Crippen molar-refractivity contribution in [2.75, 3.05) is 13.7 Å². The number of hydrogen-bond donors (Lipinski definition) is 2. The fourth-order valence-corrected chi connectivity index (χ4v) is 3.92. The summed E-state index contributed by atoms with van der Waals surface area (Å²) in [6.45, 7) is -0.0469. The zero-order chi connectivity index (χ0) is 19.9. The molecule has 0 aliphatic carbocycles. The van der Waals surface area contributed by atoms with Gasteiger partial charge >= 0.3 is 0 Å². The molecule has 0 fully saturated rings. The smallest absolute Gasteiger partial charge is 0.214 e. The Balaban J connectivity index is 1.70. The molecule has 7 nitrogen and oxygen atoms in total. The summed E-state index contributed by atoms with van der Waals surface area (Å²) in [6, 6.07) is 10.1. The van der Waals surface area contributed by atoms with Gasteiger partial charge in [-0.15, -0.1) is 0 Å². The lowest BCUT2D eigenvalue weighted by Gasteiger charge is -2.10. The van der Waals surface area contributed by atoms with E-state index in [1.54, 1.807) is 18.3 Å². The zero-order valence-corrected chi connectivity index (χ0v) is 15.8. The standard InChI is InChI=1S/C19H18FN3O4S/c1-26-10-13(28(21,24)25)8-19-23-16-5-2-11(6-18(16)27-19)15-9-22-17-7-12(20)3-4-14(15)17/h2-7,9,13,22H,8,10H2,1H3,(H2,21,24,25). The Morgan fingerprint density at radius 2 is 2.11 bits per heavy atom. The molecule has 2 heterocycles. The molecule has 1 atom stereocenters. The van der Waals surface area contributed by atoms with E-state index < -0.39 is 15.3 Å². The summed E-state index contributed by atoms with van der Waals surface area (Å²) in [5.41, 5.74) is 3.60. The molecule has 4 aromatic rings. The van der Waals surface area contributed by atoms with Gasteiger partial charge in [-0.05, 0) is 35.9 Å². The number of H-pyrrole nitrogens is 1. The molecule has 4 rings (SSSR count). The van der Waals surface area contributed by atoms with E-state index in [0.717, 1.165) is 16.5 Å². The van der Waals surface area contributed by atoms with Crippen LogP contribution in [0.25, 0.3) is 33.1 Å². The Morgan fingerprint density at radius 3 is 2.86 bits per heavy atom. The number of aromatic amines is 1. The summed E-state index contributed by atoms with van der Waals surface area (Å²) in [7, 11) is -2.39. The number of methoxy groups -OCH3 is 1. The SMILES string of the molecule is COCC(Cc1nc2ccc(-c3c[nH]c4cc(F)ccc34)cc2o1)S(N)(=O)=O. The van der Waals surface area contributed by atoms with E-state index in [-0.39, 0.29) is 24.7 Å². The first-order valence-electron chi connectivity index (χ1n) is 8.52. The van der Waals surface area contributed by atoms with E-state index in [2.05, 4.69) is 9.97 Å². The monoisotopic (exact) mass is 403 g/mol. The number of fused-ring (bicyclic) bond motifs is 2. The number of aromatic nitrogens is 2. The van der Waals surface area contributed by atoms with Gasteiger partial charge in [0.1, 0.15) is 16.6 Å². The van der Waals surface area contributed by atoms with Crippen molar-refractivity contribution in [2.45, 2.75) is 11.7 Å². The second kappa shape index (κ2) is 7.01. The number of nitrogens with zero attached hydrogens (tertiary/aromatic N) is 1. The molecule has 0 spiro atoms. The summed E-state index contributed by atoms with van der Waals surface area (Å²) in [6.07, 6.45) is 1.82. The van der Waals surface area contributed by atoms with Gasteiger partial charge in [-0.2, -0.15) is 0 Å². The maximum absolute atomic E-state index is 13.4. The fraction of sp³-hybridized carbons (Fsp3) is 0.211. The Morgan fingerprint density at radius 1 is 1.29 bits per heavy atom. The van der Waals surface area contributed by atoms with Crippen LogP contribution < -0.4 is 5.14 Å². The number of hydrogen-bond acceptors (Lipinski definition) is 5. The Hall–Kier alpha value is -2.75. The van der Waals surface area contributed by atoms with E-state index in [9.17, 15) is 12.8 Å². The highest BCUT2D eigenvalue weighted by Crippen LogP contribution is 2.31. The molecule has 0 radical (unpaired) electrons. The van der Waals surface area contributed by atoms with Crippen molar-refractivity contribution < 1.29 is 22.0 Å². The first-order chi connectivity index (χ1) is 13.3. The Bertz CT molecular complexity index is 1260. The van der Waals surface area contributed by atoms with Crippen LogP contribution in [0.3, 0.4) is 0 Å². The van der Waals surface area contributed by atoms with Gasteiger partial charge in [-0.1, -0.05) is 6.07 Å². The lowest BCUT2D eigenvalue weighted by Crippen LogP contribution is -2.34. The normalized spacial score (nSPS) is 13.4. The third-order valence-electron chi connectivity index (χ3n) is 4.61. The molecule has 0 saturated carbocycles. The van der Waals surface area contributed by atoms with Crippen LogP contribution in [-0.2, 0) is 21.2 Å². The average Bonchev–Trinajstić information content (AvgIpc) is 3.22. The van der Waals surface area contributed by atoms with Gasteiger partial charge < -0.3 is 14.1 Å². The molecule has 0 aliphatic rings. The molecular formula is C19H18FN3O4S. The summed E-state index contributed by atoms with van der Waals surface area (Å²) >= 11 is 0. The van der Waals surface area contributed by atoms with Crippen LogP contribution >= 0.6 is 0 Å². The van der Waals surface area contributed by atoms with Gasteiger partial charge in [-0.25, -0.2) is 22.9 Å². The largest absolute Gasteiger partial charge is 0.441 e. The van der Waals surface area contributed by atoms with Crippen molar-refractivity contribution in [1.82, 2.24) is 9.97 Å². The topological polar surface area (TPSA) is 111 Å². The van der Waals surface area contributed by atoms with Gasteiger partial charge in [0, 0.05) is 36.2 Å². The number of ether oxygens (including phenoxy) is 1. The summed E-state index contributed by atoms with van der Waals surface area (Å²) < 4.78 is 47.5. The number of primary sulfonamides is 1. The highest BCUT2D eigenvalue weighted by Gasteiger charge is 2.24. The summed E-state index contributed by atoms with van der Waals surface area (Å²) in [4.78, 5) is 7.40. The summed E-state index contributed by atoms with van der Waals surface area (Å²) in [5.74, 6) is -0.0408. The first kappa shape index (κ1) is 18.6. The van der Waals surface area contributed by atoms with E-state index in [1.807, 2.05) is 12.1 Å². The minimum atomic E-state index is -3.79. The van der Waals surface area contributed by atoms with Gasteiger partial charge in [0.05, 0.1) is 6.61 Å². The number of sulfonamides is 1. The Kier molecular flexibility index (Phi) is 4.66. The molecule has 9 heteroatoms. The van der Waals surface area contributed by atoms with Crippen molar-refractivity contribution in [3.8, 4) is 11.1 Å². The van der Waals surface area contributed by atoms with Crippen LogP contribution in [0.2, 0.25) is 0 Å². The number of nitrogens with one attached hydrogen (secondary N) is 1. The minimum absolute atomic E-state index is 0.0169. The number of rotatable bonds is 6. The molecule has 0 aliphatic heterocycles. The highest BCUT2D eigenvalue weighted by molar-refractivity contribution is 7.89. The minimum Gasteiger partial charge on any atom is -0.441 e. The van der Waals surface area contributed by atoms with E-state index in [0.29, 0.717) is 16.6 Å². The van der Waals surface area contributed by atoms with Crippen LogP contribution in [0.1, 0.15) is 5.89 Å². The third-order valence-corrected chi connectivity index (χ3v) is 5.84. The number of halogens is 1. The maximum atomic E-state index is 13.4. The quantitative estimate of drug-likeness (QED) is 0.514. The van der Waals surface area contributed by atoms with Gasteiger partial charge in [0.15, 0.2) is 11.5 Å². The van der Waals surface area contributed by atoms with E-state index >= 15 is 0 Å². The highest BCUT2D eigenvalue weighted by atomic mass is 32.2. The molecular weight excluding hydrogens is 385 g/mol. The van der Waals surface area contributed by atoms with Crippen molar-refractivity contribution >= 4 is 32.0 Å². The zero-order valence-electron chi connectivity index (χ0n) is 15.0. The molecule has 0 amide bonds. The molecule has 0 saturated heterocycles. The van der Waals surface area contributed by atoms with Gasteiger partial charge in [-0.3, -0.25) is 0 Å². The van der Waals surface area contributed by atoms with E-state index in [1.165, 1.54) is 19.2 Å². The number of oxazole rings is 1. The molecule has 3 N–H and O–H groups in total. The second-order valence-electron chi connectivity index (χ2n) is 6.55. The fourth-order valence-electron chi connectivity index (χ4n) is 3.22. The van der Waals surface area contributed by atoms with E-state index in [4.69, 9.17) is 14.3 Å². The van der Waals surface area contributed by atoms with Crippen molar-refractivity contribution in [3.63, 3.8) is 0 Å². The molecule has 146 valence electrons. The van der Waals surface area contributed by atoms with Gasteiger partial charge in [0.25, 0.3) is 0 Å². The average molecular weight is 403 g/mol. The second-order valence-corrected chi connectivity index (χ2v) is 8.40. The van der Waals surface area contributed by atoms with Crippen LogP contribution in [0.15, 0.2) is 47.0 Å². The third kappa shape index (κ3) is 3.51. The maximum Gasteiger partial charge on any atom is 0.214 e. The number of nitrogens with two attached hydrogens (primary N) is 1.